The number of nitrogens with one attached hydrogen (secondary N) is 1. The van der Waals surface area contributed by atoms with E-state index in [0.717, 1.165) is 19.6 Å². The Hall–Kier alpha value is -0.610. The summed E-state index contributed by atoms with van der Waals surface area (Å²) in [7, 11) is 0. The van der Waals surface area contributed by atoms with Gasteiger partial charge in [-0.2, -0.15) is 0 Å². The van der Waals surface area contributed by atoms with Gasteiger partial charge in [-0.1, -0.05) is 20.8 Å². The van der Waals surface area contributed by atoms with Crippen LogP contribution in [0.2, 0.25) is 0 Å². The molecule has 0 heterocycles. The molecule has 1 N–H and O–H groups in total. The van der Waals surface area contributed by atoms with E-state index < -0.39 is 5.54 Å². The molecule has 0 aromatic rings. The molecule has 1 atom stereocenters. The van der Waals surface area contributed by atoms with Gasteiger partial charge >= 0.3 is 5.97 Å². The second-order valence-electron chi connectivity index (χ2n) is 6.19. The van der Waals surface area contributed by atoms with Crippen molar-refractivity contribution >= 4 is 5.97 Å². The monoisotopic (exact) mass is 270 g/mol. The molecular weight excluding hydrogens is 240 g/mol. The molecule has 19 heavy (non-hydrogen) atoms. The van der Waals surface area contributed by atoms with Crippen molar-refractivity contribution in [3.63, 3.8) is 0 Å². The second kappa shape index (κ2) is 7.25. The van der Waals surface area contributed by atoms with Crippen LogP contribution in [-0.4, -0.2) is 48.7 Å². The van der Waals surface area contributed by atoms with Gasteiger partial charge < -0.3 is 9.64 Å². The highest BCUT2D eigenvalue weighted by molar-refractivity contribution is 5.80. The standard InChI is InChI=1S/C15H30N2O2/c1-6-17(10-12(3)4)11-15(5,14(18)19-7-2)16-13-8-9-13/h12-13,16H,6-11H2,1-5H3. The summed E-state index contributed by atoms with van der Waals surface area (Å²) in [5, 5.41) is 3.47. The Kier molecular flexibility index (Phi) is 6.27. The number of hydrogen-bond donors (Lipinski definition) is 1. The van der Waals surface area contributed by atoms with Crippen LogP contribution in [0.5, 0.6) is 0 Å². The third-order valence-corrected chi connectivity index (χ3v) is 3.44. The van der Waals surface area contributed by atoms with Crippen LogP contribution in [0.1, 0.15) is 47.5 Å². The van der Waals surface area contributed by atoms with E-state index in [0.29, 0.717) is 18.6 Å². The predicted octanol–water partition coefficient (Wildman–Crippen LogP) is 2.04. The molecule has 0 bridgehead atoms. The Labute approximate surface area is 117 Å². The summed E-state index contributed by atoms with van der Waals surface area (Å²) in [4.78, 5) is 14.6. The Morgan fingerprint density at radius 1 is 1.42 bits per heavy atom. The van der Waals surface area contributed by atoms with Crippen LogP contribution in [0, 0.1) is 5.92 Å². The minimum atomic E-state index is -0.581. The summed E-state index contributed by atoms with van der Waals surface area (Å²) in [6.45, 7) is 13.5. The van der Waals surface area contributed by atoms with Crippen molar-refractivity contribution in [3.05, 3.63) is 0 Å². The first-order valence-electron chi connectivity index (χ1n) is 7.58. The normalized spacial score (nSPS) is 18.7. The number of esters is 1. The van der Waals surface area contributed by atoms with Crippen molar-refractivity contribution in [1.29, 1.82) is 0 Å². The fraction of sp³-hybridized carbons (Fsp3) is 0.933. The van der Waals surface area contributed by atoms with Crippen LogP contribution in [0.3, 0.4) is 0 Å². The maximum absolute atomic E-state index is 12.3. The van der Waals surface area contributed by atoms with E-state index in [-0.39, 0.29) is 5.97 Å². The highest BCUT2D eigenvalue weighted by atomic mass is 16.5. The molecule has 1 unspecified atom stereocenters. The molecule has 0 aromatic carbocycles. The van der Waals surface area contributed by atoms with Crippen molar-refractivity contribution in [2.24, 2.45) is 5.92 Å². The highest BCUT2D eigenvalue weighted by Crippen LogP contribution is 2.24. The molecule has 1 aliphatic carbocycles. The quantitative estimate of drug-likeness (QED) is 0.651. The van der Waals surface area contributed by atoms with Gasteiger partial charge in [-0.05, 0) is 39.2 Å². The topological polar surface area (TPSA) is 41.6 Å². The number of ether oxygens (including phenoxy) is 1. The lowest BCUT2D eigenvalue weighted by Crippen LogP contribution is -2.58. The second-order valence-corrected chi connectivity index (χ2v) is 6.19. The zero-order valence-corrected chi connectivity index (χ0v) is 13.2. The van der Waals surface area contributed by atoms with Gasteiger partial charge in [0.25, 0.3) is 0 Å². The van der Waals surface area contributed by atoms with Gasteiger partial charge in [-0.3, -0.25) is 10.1 Å². The molecule has 1 fully saturated rings. The average Bonchev–Trinajstić information content (AvgIpc) is 3.11. The largest absolute Gasteiger partial charge is 0.465 e. The van der Waals surface area contributed by atoms with E-state index >= 15 is 0 Å². The Balaban J connectivity index is 2.67. The zero-order valence-electron chi connectivity index (χ0n) is 13.2. The minimum Gasteiger partial charge on any atom is -0.465 e. The van der Waals surface area contributed by atoms with Crippen molar-refractivity contribution < 1.29 is 9.53 Å². The van der Waals surface area contributed by atoms with Crippen molar-refractivity contribution in [2.45, 2.75) is 59.0 Å². The first-order chi connectivity index (χ1) is 8.91. The summed E-state index contributed by atoms with van der Waals surface area (Å²) < 4.78 is 5.26. The van der Waals surface area contributed by atoms with E-state index in [1.807, 2.05) is 13.8 Å². The SMILES string of the molecule is CCOC(=O)C(C)(CN(CC)CC(C)C)NC1CC1. The predicted molar refractivity (Wildman–Crippen MR) is 78.1 cm³/mol. The van der Waals surface area contributed by atoms with Crippen LogP contribution < -0.4 is 5.32 Å². The Morgan fingerprint density at radius 2 is 2.05 bits per heavy atom. The maximum atomic E-state index is 12.3. The van der Waals surface area contributed by atoms with Crippen LogP contribution in [0.15, 0.2) is 0 Å². The molecule has 112 valence electrons. The van der Waals surface area contributed by atoms with Crippen molar-refractivity contribution in [3.8, 4) is 0 Å². The van der Waals surface area contributed by atoms with E-state index in [2.05, 4.69) is 31.0 Å². The van der Waals surface area contributed by atoms with E-state index in [9.17, 15) is 4.79 Å². The van der Waals surface area contributed by atoms with Crippen LogP contribution >= 0.6 is 0 Å². The number of hydrogen-bond acceptors (Lipinski definition) is 4. The molecule has 4 nitrogen and oxygen atoms in total. The van der Waals surface area contributed by atoms with Gasteiger partial charge in [-0.15, -0.1) is 0 Å². The molecule has 0 spiro atoms. The van der Waals surface area contributed by atoms with Gasteiger partial charge in [0.05, 0.1) is 6.61 Å². The molecule has 1 rings (SSSR count). The van der Waals surface area contributed by atoms with Gasteiger partial charge in [0.1, 0.15) is 5.54 Å². The first kappa shape index (κ1) is 16.4. The number of rotatable bonds is 9. The number of likely N-dealkylation sites (N-methyl/N-ethyl adjacent to an activating group) is 1. The van der Waals surface area contributed by atoms with Gasteiger partial charge in [0, 0.05) is 19.1 Å². The average molecular weight is 270 g/mol. The zero-order chi connectivity index (χ0) is 14.5. The number of carbonyl (C=O) groups is 1. The molecule has 0 amide bonds. The van der Waals surface area contributed by atoms with E-state index in [1.165, 1.54) is 12.8 Å². The summed E-state index contributed by atoms with van der Waals surface area (Å²) in [6, 6.07) is 0.493. The summed E-state index contributed by atoms with van der Waals surface area (Å²) >= 11 is 0. The van der Waals surface area contributed by atoms with Crippen LogP contribution in [-0.2, 0) is 9.53 Å². The van der Waals surface area contributed by atoms with Crippen LogP contribution in [0.25, 0.3) is 0 Å². The molecular formula is C15H30N2O2. The number of carbonyl (C=O) groups excluding carboxylic acids is 1. The van der Waals surface area contributed by atoms with Crippen molar-refractivity contribution in [1.82, 2.24) is 10.2 Å². The lowest BCUT2D eigenvalue weighted by molar-refractivity contribution is -0.151. The molecule has 0 aromatic heterocycles. The molecule has 0 radical (unpaired) electrons. The fourth-order valence-electron chi connectivity index (χ4n) is 2.41. The highest BCUT2D eigenvalue weighted by Gasteiger charge is 2.40. The van der Waals surface area contributed by atoms with Gasteiger partial charge in [0.15, 0.2) is 0 Å². The third-order valence-electron chi connectivity index (χ3n) is 3.44. The lowest BCUT2D eigenvalue weighted by atomic mass is 10.0. The first-order valence-corrected chi connectivity index (χ1v) is 7.58. The van der Waals surface area contributed by atoms with Gasteiger partial charge in [0.2, 0.25) is 0 Å². The van der Waals surface area contributed by atoms with E-state index in [1.54, 1.807) is 0 Å². The van der Waals surface area contributed by atoms with E-state index in [4.69, 9.17) is 4.74 Å². The maximum Gasteiger partial charge on any atom is 0.327 e. The smallest absolute Gasteiger partial charge is 0.327 e. The third kappa shape index (κ3) is 5.49. The fourth-order valence-corrected chi connectivity index (χ4v) is 2.41. The summed E-state index contributed by atoms with van der Waals surface area (Å²) in [5.41, 5.74) is -0.581. The van der Waals surface area contributed by atoms with Crippen molar-refractivity contribution in [2.75, 3.05) is 26.2 Å². The molecule has 4 heteroatoms. The Bertz CT molecular complexity index is 290. The summed E-state index contributed by atoms with van der Waals surface area (Å²) in [6.07, 6.45) is 2.34. The molecule has 0 aliphatic heterocycles. The minimum absolute atomic E-state index is 0.121. The molecule has 1 saturated carbocycles. The summed E-state index contributed by atoms with van der Waals surface area (Å²) in [5.74, 6) is 0.483. The molecule has 1 aliphatic rings. The lowest BCUT2D eigenvalue weighted by Gasteiger charge is -2.35. The van der Waals surface area contributed by atoms with Gasteiger partial charge in [-0.25, -0.2) is 0 Å². The number of nitrogens with zero attached hydrogens (tertiary/aromatic N) is 1. The Morgan fingerprint density at radius 3 is 2.47 bits per heavy atom. The van der Waals surface area contributed by atoms with Crippen LogP contribution in [0.4, 0.5) is 0 Å². The molecule has 0 saturated heterocycles.